The summed E-state index contributed by atoms with van der Waals surface area (Å²) in [5.41, 5.74) is 1.45. The highest BCUT2D eigenvalue weighted by Crippen LogP contribution is 2.12. The minimum atomic E-state index is 0.392. The first-order valence-electron chi connectivity index (χ1n) is 6.65. The molecule has 1 fully saturated rings. The van der Waals surface area contributed by atoms with E-state index in [4.69, 9.17) is 4.74 Å². The minimum Gasteiger partial charge on any atom is -0.376 e. The highest BCUT2D eigenvalue weighted by atomic mass is 16.5. The smallest absolute Gasteiger partial charge is 0.0674 e. The molecule has 1 aromatic rings. The summed E-state index contributed by atoms with van der Waals surface area (Å²) in [7, 11) is 0. The molecule has 0 radical (unpaired) electrons. The second-order valence-corrected chi connectivity index (χ2v) is 5.08. The molecule has 0 N–H and O–H groups in total. The van der Waals surface area contributed by atoms with Crippen molar-refractivity contribution < 1.29 is 4.74 Å². The van der Waals surface area contributed by atoms with Crippen LogP contribution in [0.1, 0.15) is 25.8 Å². The van der Waals surface area contributed by atoms with Gasteiger partial charge in [0.1, 0.15) is 0 Å². The quantitative estimate of drug-likeness (QED) is 0.793. The zero-order chi connectivity index (χ0) is 12.1. The molecule has 94 valence electrons. The Morgan fingerprint density at radius 1 is 1.24 bits per heavy atom. The van der Waals surface area contributed by atoms with Gasteiger partial charge in [0.2, 0.25) is 0 Å². The normalized spacial score (nSPS) is 26.0. The minimum absolute atomic E-state index is 0.392. The molecule has 2 nitrogen and oxygen atoms in total. The molecule has 0 amide bonds. The van der Waals surface area contributed by atoms with Crippen molar-refractivity contribution in [3.63, 3.8) is 0 Å². The SMILES string of the molecule is C[C@@H]1CO[C@@H](C)CN1CCCc1ccccc1. The molecule has 1 aliphatic rings. The van der Waals surface area contributed by atoms with Gasteiger partial charge in [0.15, 0.2) is 0 Å². The third-order valence-corrected chi connectivity index (χ3v) is 3.49. The molecular formula is C15H23NO. The molecule has 0 spiro atoms. The van der Waals surface area contributed by atoms with Crippen LogP contribution >= 0.6 is 0 Å². The first-order chi connectivity index (χ1) is 8.25. The van der Waals surface area contributed by atoms with E-state index in [0.29, 0.717) is 12.1 Å². The predicted octanol–water partition coefficient (Wildman–Crippen LogP) is 2.73. The van der Waals surface area contributed by atoms with E-state index in [1.807, 2.05) is 0 Å². The van der Waals surface area contributed by atoms with Crippen molar-refractivity contribution in [2.45, 2.75) is 38.8 Å². The van der Waals surface area contributed by atoms with Crippen LogP contribution in [0.3, 0.4) is 0 Å². The fourth-order valence-corrected chi connectivity index (χ4v) is 2.41. The number of hydrogen-bond acceptors (Lipinski definition) is 2. The molecule has 1 aromatic carbocycles. The van der Waals surface area contributed by atoms with Crippen LogP contribution in [-0.4, -0.2) is 36.7 Å². The van der Waals surface area contributed by atoms with Crippen molar-refractivity contribution in [1.82, 2.24) is 4.90 Å². The van der Waals surface area contributed by atoms with E-state index in [1.165, 1.54) is 24.9 Å². The molecule has 2 heteroatoms. The fraction of sp³-hybridized carbons (Fsp3) is 0.600. The van der Waals surface area contributed by atoms with Crippen LogP contribution in [0.15, 0.2) is 30.3 Å². The van der Waals surface area contributed by atoms with E-state index in [2.05, 4.69) is 49.1 Å². The van der Waals surface area contributed by atoms with Gasteiger partial charge >= 0.3 is 0 Å². The van der Waals surface area contributed by atoms with Gasteiger partial charge in [-0.05, 0) is 38.8 Å². The zero-order valence-corrected chi connectivity index (χ0v) is 10.9. The molecule has 0 saturated carbocycles. The maximum Gasteiger partial charge on any atom is 0.0674 e. The van der Waals surface area contributed by atoms with Crippen molar-refractivity contribution in [1.29, 1.82) is 0 Å². The third-order valence-electron chi connectivity index (χ3n) is 3.49. The summed E-state index contributed by atoms with van der Waals surface area (Å²) in [5, 5.41) is 0. The van der Waals surface area contributed by atoms with Crippen LogP contribution in [0, 0.1) is 0 Å². The van der Waals surface area contributed by atoms with E-state index in [0.717, 1.165) is 13.2 Å². The van der Waals surface area contributed by atoms with Gasteiger partial charge in [-0.25, -0.2) is 0 Å². The lowest BCUT2D eigenvalue weighted by Gasteiger charge is -2.36. The second kappa shape index (κ2) is 6.18. The van der Waals surface area contributed by atoms with Crippen LogP contribution < -0.4 is 0 Å². The van der Waals surface area contributed by atoms with Crippen molar-refractivity contribution in [2.75, 3.05) is 19.7 Å². The first-order valence-corrected chi connectivity index (χ1v) is 6.65. The van der Waals surface area contributed by atoms with Gasteiger partial charge in [-0.3, -0.25) is 4.90 Å². The number of benzene rings is 1. The van der Waals surface area contributed by atoms with Crippen molar-refractivity contribution >= 4 is 0 Å². The van der Waals surface area contributed by atoms with Crippen LogP contribution in [-0.2, 0) is 11.2 Å². The number of hydrogen-bond donors (Lipinski definition) is 0. The summed E-state index contributed by atoms with van der Waals surface area (Å²) < 4.78 is 5.64. The van der Waals surface area contributed by atoms with E-state index in [9.17, 15) is 0 Å². The van der Waals surface area contributed by atoms with Crippen LogP contribution in [0.5, 0.6) is 0 Å². The maximum atomic E-state index is 5.64. The van der Waals surface area contributed by atoms with Crippen LogP contribution in [0.4, 0.5) is 0 Å². The number of nitrogens with zero attached hydrogens (tertiary/aromatic N) is 1. The zero-order valence-electron chi connectivity index (χ0n) is 10.9. The van der Waals surface area contributed by atoms with E-state index < -0.39 is 0 Å². The van der Waals surface area contributed by atoms with Gasteiger partial charge in [-0.15, -0.1) is 0 Å². The highest BCUT2D eigenvalue weighted by molar-refractivity contribution is 5.14. The second-order valence-electron chi connectivity index (χ2n) is 5.08. The molecule has 2 rings (SSSR count). The van der Waals surface area contributed by atoms with Crippen molar-refractivity contribution in [3.8, 4) is 0 Å². The average Bonchev–Trinajstić information content (AvgIpc) is 2.35. The van der Waals surface area contributed by atoms with Gasteiger partial charge < -0.3 is 4.74 Å². The maximum absolute atomic E-state index is 5.64. The Morgan fingerprint density at radius 2 is 2.00 bits per heavy atom. The van der Waals surface area contributed by atoms with Gasteiger partial charge in [-0.2, -0.15) is 0 Å². The van der Waals surface area contributed by atoms with E-state index in [1.54, 1.807) is 0 Å². The number of rotatable bonds is 4. The monoisotopic (exact) mass is 233 g/mol. The largest absolute Gasteiger partial charge is 0.376 e. The number of aryl methyl sites for hydroxylation is 1. The lowest BCUT2D eigenvalue weighted by atomic mass is 10.1. The molecule has 17 heavy (non-hydrogen) atoms. The highest BCUT2D eigenvalue weighted by Gasteiger charge is 2.22. The predicted molar refractivity (Wildman–Crippen MR) is 71.2 cm³/mol. The van der Waals surface area contributed by atoms with Crippen molar-refractivity contribution in [2.24, 2.45) is 0 Å². The molecule has 0 aromatic heterocycles. The Bertz CT molecular complexity index is 325. The Hall–Kier alpha value is -0.860. The summed E-state index contributed by atoms with van der Waals surface area (Å²) >= 11 is 0. The lowest BCUT2D eigenvalue weighted by Crippen LogP contribution is -2.47. The standard InChI is InChI=1S/C15H23NO/c1-13-12-17-14(2)11-16(13)10-6-9-15-7-4-3-5-8-15/h3-5,7-8,13-14H,6,9-12H2,1-2H3/t13-,14+/m1/s1. The molecular weight excluding hydrogens is 210 g/mol. The van der Waals surface area contributed by atoms with Gasteiger partial charge in [0.05, 0.1) is 12.7 Å². The molecule has 0 unspecified atom stereocenters. The first kappa shape index (κ1) is 12.6. The van der Waals surface area contributed by atoms with Gasteiger partial charge in [0, 0.05) is 12.6 Å². The number of ether oxygens (including phenoxy) is 1. The van der Waals surface area contributed by atoms with Crippen molar-refractivity contribution in [3.05, 3.63) is 35.9 Å². The Balaban J connectivity index is 1.74. The molecule has 1 heterocycles. The van der Waals surface area contributed by atoms with Gasteiger partial charge in [-0.1, -0.05) is 30.3 Å². The fourth-order valence-electron chi connectivity index (χ4n) is 2.41. The molecule has 1 saturated heterocycles. The summed E-state index contributed by atoms with van der Waals surface area (Å²) in [4.78, 5) is 2.55. The Morgan fingerprint density at radius 3 is 2.76 bits per heavy atom. The lowest BCUT2D eigenvalue weighted by molar-refractivity contribution is -0.0494. The summed E-state index contributed by atoms with van der Waals surface area (Å²) in [6.45, 7) is 7.57. The molecule has 0 aliphatic carbocycles. The molecule has 1 aliphatic heterocycles. The molecule has 2 atom stereocenters. The Kier molecular flexibility index (Phi) is 4.57. The summed E-state index contributed by atoms with van der Waals surface area (Å²) in [6.07, 6.45) is 2.81. The van der Waals surface area contributed by atoms with E-state index in [-0.39, 0.29) is 0 Å². The summed E-state index contributed by atoms with van der Waals surface area (Å²) in [5.74, 6) is 0. The third kappa shape index (κ3) is 3.83. The topological polar surface area (TPSA) is 12.5 Å². The van der Waals surface area contributed by atoms with Crippen LogP contribution in [0.25, 0.3) is 0 Å². The number of morpholine rings is 1. The Labute approximate surface area is 105 Å². The average molecular weight is 233 g/mol. The molecule has 0 bridgehead atoms. The van der Waals surface area contributed by atoms with Gasteiger partial charge in [0.25, 0.3) is 0 Å². The van der Waals surface area contributed by atoms with Crippen LogP contribution in [0.2, 0.25) is 0 Å². The summed E-state index contributed by atoms with van der Waals surface area (Å²) in [6, 6.07) is 11.3. The van der Waals surface area contributed by atoms with E-state index >= 15 is 0 Å².